The lowest BCUT2D eigenvalue weighted by molar-refractivity contribution is -0.161. The number of unbranched alkanes of at least 4 members (excludes halogenated alkanes) is 45. The summed E-state index contributed by atoms with van der Waals surface area (Å²) in [6.45, 7) is 12.0. The molecule has 0 fully saturated rings. The first kappa shape index (κ1) is 98.1. The first-order chi connectivity index (χ1) is 48.3. The number of aliphatic hydroxyl groups excluding tert-OH is 1. The molecule has 4 unspecified atom stereocenters. The third kappa shape index (κ3) is 71.7. The Hall–Kier alpha value is -1.94. The van der Waals surface area contributed by atoms with Crippen LogP contribution in [0.3, 0.4) is 0 Å². The lowest BCUT2D eigenvalue weighted by Gasteiger charge is -2.21. The quantitative estimate of drug-likeness (QED) is 0.0222. The Balaban J connectivity index is 5.22. The minimum atomic E-state index is -4.96. The van der Waals surface area contributed by atoms with Gasteiger partial charge in [0.1, 0.15) is 19.3 Å². The molecule has 0 aromatic rings. The van der Waals surface area contributed by atoms with Gasteiger partial charge in [-0.2, -0.15) is 0 Å². The predicted octanol–water partition coefficient (Wildman–Crippen LogP) is 24.1. The van der Waals surface area contributed by atoms with E-state index in [1.54, 1.807) is 0 Å². The summed E-state index contributed by atoms with van der Waals surface area (Å²) in [6, 6.07) is 0. The molecule has 3 N–H and O–H groups in total. The standard InChI is InChI=1S/C81H158O17P2/c1-8-11-12-13-14-15-16-17-22-26-29-35-40-48-55-62-78(83)91-68-76(97-80(85)64-57-50-41-36-30-27-24-21-19-18-20-23-25-28-34-39-46-53-60-73(6)9-2)70-95-99(87,88)93-66-75(82)67-94-100(89,90)96-71-77(69-92-79(84)63-56-49-44-43-47-54-61-74(7)10-3)98-81(86)65-58-51-42-37-32-31-33-38-45-52-59-72(4)5/h72-77,82H,8-71H2,1-7H3,(H,87,88)(H,89,90)/t73?,74?,75-,76-,77-/m1/s1. The van der Waals surface area contributed by atoms with Crippen molar-refractivity contribution in [1.82, 2.24) is 0 Å². The molecule has 594 valence electrons. The van der Waals surface area contributed by atoms with E-state index in [4.69, 9.17) is 37.0 Å². The van der Waals surface area contributed by atoms with Crippen LogP contribution in [-0.2, 0) is 65.4 Å². The Morgan fingerprint density at radius 3 is 0.760 bits per heavy atom. The van der Waals surface area contributed by atoms with Crippen LogP contribution in [0.4, 0.5) is 0 Å². The minimum Gasteiger partial charge on any atom is -0.462 e. The van der Waals surface area contributed by atoms with Crippen molar-refractivity contribution in [3.63, 3.8) is 0 Å². The van der Waals surface area contributed by atoms with E-state index in [2.05, 4.69) is 48.5 Å². The van der Waals surface area contributed by atoms with Crippen LogP contribution in [0.15, 0.2) is 0 Å². The van der Waals surface area contributed by atoms with Gasteiger partial charge in [0.25, 0.3) is 0 Å². The van der Waals surface area contributed by atoms with Crippen LogP contribution in [0.5, 0.6) is 0 Å². The molecule has 0 radical (unpaired) electrons. The molecule has 100 heavy (non-hydrogen) atoms. The monoisotopic (exact) mass is 1470 g/mol. The minimum absolute atomic E-state index is 0.105. The molecular formula is C81H158O17P2. The lowest BCUT2D eigenvalue weighted by Crippen LogP contribution is -2.30. The number of rotatable bonds is 79. The Labute approximate surface area is 613 Å². The number of phosphoric acid groups is 2. The van der Waals surface area contributed by atoms with E-state index in [1.807, 2.05) is 0 Å². The normalized spacial score (nSPS) is 14.5. The van der Waals surface area contributed by atoms with E-state index in [9.17, 15) is 43.2 Å². The molecule has 0 saturated heterocycles. The molecule has 0 bridgehead atoms. The molecule has 0 spiro atoms. The zero-order valence-corrected chi connectivity index (χ0v) is 67.5. The van der Waals surface area contributed by atoms with Crippen LogP contribution in [0.1, 0.15) is 421 Å². The second-order valence-electron chi connectivity index (χ2n) is 30.1. The summed E-state index contributed by atoms with van der Waals surface area (Å²) in [5, 5.41) is 10.6. The van der Waals surface area contributed by atoms with Crippen molar-refractivity contribution in [3.8, 4) is 0 Å². The van der Waals surface area contributed by atoms with Crippen molar-refractivity contribution in [2.45, 2.75) is 439 Å². The van der Waals surface area contributed by atoms with Gasteiger partial charge in [-0.3, -0.25) is 37.3 Å². The summed E-state index contributed by atoms with van der Waals surface area (Å²) in [4.78, 5) is 73.0. The largest absolute Gasteiger partial charge is 0.472 e. The van der Waals surface area contributed by atoms with Crippen molar-refractivity contribution in [3.05, 3.63) is 0 Å². The van der Waals surface area contributed by atoms with Gasteiger partial charge in [-0.1, -0.05) is 370 Å². The van der Waals surface area contributed by atoms with Gasteiger partial charge in [-0.15, -0.1) is 0 Å². The maximum atomic E-state index is 13.1. The van der Waals surface area contributed by atoms with Gasteiger partial charge in [0, 0.05) is 25.7 Å². The molecule has 0 aliphatic carbocycles. The third-order valence-corrected chi connectivity index (χ3v) is 21.5. The molecule has 17 nitrogen and oxygen atoms in total. The number of esters is 4. The van der Waals surface area contributed by atoms with E-state index in [0.717, 1.165) is 114 Å². The summed E-state index contributed by atoms with van der Waals surface area (Å²) in [5.41, 5.74) is 0. The average molecular weight is 1470 g/mol. The first-order valence-corrected chi connectivity index (χ1v) is 44.9. The fourth-order valence-electron chi connectivity index (χ4n) is 12.4. The fourth-order valence-corrected chi connectivity index (χ4v) is 14.0. The van der Waals surface area contributed by atoms with Crippen molar-refractivity contribution in [1.29, 1.82) is 0 Å². The predicted molar refractivity (Wildman–Crippen MR) is 409 cm³/mol. The van der Waals surface area contributed by atoms with E-state index >= 15 is 0 Å². The molecule has 0 saturated carbocycles. The van der Waals surface area contributed by atoms with Gasteiger partial charge < -0.3 is 33.8 Å². The number of phosphoric ester groups is 2. The molecule has 0 amide bonds. The Bertz CT molecular complexity index is 1940. The topological polar surface area (TPSA) is 237 Å². The zero-order chi connectivity index (χ0) is 73.7. The molecule has 0 aliphatic heterocycles. The van der Waals surface area contributed by atoms with Gasteiger partial charge >= 0.3 is 39.5 Å². The Kier molecular flexibility index (Phi) is 69.9. The number of carbonyl (C=O) groups excluding carboxylic acids is 4. The van der Waals surface area contributed by atoms with Crippen molar-refractivity contribution in [2.24, 2.45) is 17.8 Å². The highest BCUT2D eigenvalue weighted by Crippen LogP contribution is 2.45. The van der Waals surface area contributed by atoms with E-state index in [0.29, 0.717) is 25.7 Å². The summed E-state index contributed by atoms with van der Waals surface area (Å²) in [6.07, 6.45) is 59.7. The van der Waals surface area contributed by atoms with Crippen LogP contribution in [-0.4, -0.2) is 96.7 Å². The molecule has 0 aromatic carbocycles. The number of hydrogen-bond acceptors (Lipinski definition) is 15. The van der Waals surface area contributed by atoms with Gasteiger partial charge in [0.2, 0.25) is 0 Å². The van der Waals surface area contributed by atoms with E-state index in [-0.39, 0.29) is 25.7 Å². The maximum absolute atomic E-state index is 13.1. The Morgan fingerprint density at radius 2 is 0.510 bits per heavy atom. The molecule has 0 aliphatic rings. The van der Waals surface area contributed by atoms with Gasteiger partial charge in [-0.05, 0) is 43.4 Å². The van der Waals surface area contributed by atoms with Gasteiger partial charge in [0.05, 0.1) is 26.4 Å². The number of carbonyl (C=O) groups is 4. The van der Waals surface area contributed by atoms with Crippen molar-refractivity contribution in [2.75, 3.05) is 39.6 Å². The van der Waals surface area contributed by atoms with E-state index < -0.39 is 97.5 Å². The van der Waals surface area contributed by atoms with Crippen LogP contribution in [0.25, 0.3) is 0 Å². The molecule has 7 atom stereocenters. The molecule has 19 heteroatoms. The van der Waals surface area contributed by atoms with E-state index in [1.165, 1.54) is 225 Å². The molecular weight excluding hydrogens is 1310 g/mol. The van der Waals surface area contributed by atoms with Crippen LogP contribution < -0.4 is 0 Å². The number of hydrogen-bond donors (Lipinski definition) is 3. The van der Waals surface area contributed by atoms with Gasteiger partial charge in [-0.25, -0.2) is 9.13 Å². The molecule has 0 rings (SSSR count). The van der Waals surface area contributed by atoms with Crippen molar-refractivity contribution < 1.29 is 80.2 Å². The van der Waals surface area contributed by atoms with Gasteiger partial charge in [0.15, 0.2) is 12.2 Å². The Morgan fingerprint density at radius 1 is 0.290 bits per heavy atom. The average Bonchev–Trinajstić information content (AvgIpc) is 0.934. The third-order valence-electron chi connectivity index (χ3n) is 19.6. The second-order valence-corrected chi connectivity index (χ2v) is 33.0. The van der Waals surface area contributed by atoms with Crippen LogP contribution in [0, 0.1) is 17.8 Å². The van der Waals surface area contributed by atoms with Crippen LogP contribution in [0.2, 0.25) is 0 Å². The summed E-state index contributed by atoms with van der Waals surface area (Å²) in [5.74, 6) is 0.241. The highest BCUT2D eigenvalue weighted by molar-refractivity contribution is 7.47. The summed E-state index contributed by atoms with van der Waals surface area (Å²) >= 11 is 0. The highest BCUT2D eigenvalue weighted by Gasteiger charge is 2.30. The van der Waals surface area contributed by atoms with Crippen LogP contribution >= 0.6 is 15.6 Å². The number of aliphatic hydroxyl groups is 1. The zero-order valence-electron chi connectivity index (χ0n) is 65.7. The lowest BCUT2D eigenvalue weighted by atomic mass is 9.99. The SMILES string of the molecule is CCCCCCCCCCCCCCCCCC(=O)OC[C@H](COP(=O)(O)OC[C@@H](O)COP(=O)(O)OC[C@@H](COC(=O)CCCCCCCCC(C)CC)OC(=O)CCCCCCCCCCCCC(C)C)OC(=O)CCCCCCCCCCCCCCCCCCCCC(C)CC. The summed E-state index contributed by atoms with van der Waals surface area (Å²) in [7, 11) is -9.92. The maximum Gasteiger partial charge on any atom is 0.472 e. The van der Waals surface area contributed by atoms with Crippen molar-refractivity contribution >= 4 is 39.5 Å². The number of ether oxygens (including phenoxy) is 4. The highest BCUT2D eigenvalue weighted by atomic mass is 31.2. The summed E-state index contributed by atoms with van der Waals surface area (Å²) < 4.78 is 68.7. The fraction of sp³-hybridized carbons (Fsp3) is 0.951. The molecule has 0 aromatic heterocycles. The first-order valence-electron chi connectivity index (χ1n) is 41.9. The molecule has 0 heterocycles. The smallest absolute Gasteiger partial charge is 0.462 e. The second kappa shape index (κ2) is 71.3.